The van der Waals surface area contributed by atoms with Crippen LogP contribution in [0.4, 0.5) is 0 Å². The van der Waals surface area contributed by atoms with E-state index in [1.54, 1.807) is 18.2 Å². The minimum absolute atomic E-state index is 0.0383. The lowest BCUT2D eigenvalue weighted by Crippen LogP contribution is -2.82. The van der Waals surface area contributed by atoms with Gasteiger partial charge in [-0.25, -0.2) is 0 Å². The molecule has 1 aromatic rings. The SMILES string of the molecule is COC(=O)[C@@H]1CC[NH2+][C@@H]1c1c(Cl)cccc1Cl. The summed E-state index contributed by atoms with van der Waals surface area (Å²) >= 11 is 12.3. The van der Waals surface area contributed by atoms with Crippen LogP contribution in [0, 0.1) is 5.92 Å². The van der Waals surface area contributed by atoms with Crippen molar-refractivity contribution >= 4 is 29.2 Å². The first kappa shape index (κ1) is 12.7. The fourth-order valence-electron chi connectivity index (χ4n) is 2.36. The zero-order valence-electron chi connectivity index (χ0n) is 9.45. The summed E-state index contributed by atoms with van der Waals surface area (Å²) in [6.45, 7) is 0.881. The highest BCUT2D eigenvalue weighted by Crippen LogP contribution is 2.35. The molecule has 2 atom stereocenters. The summed E-state index contributed by atoms with van der Waals surface area (Å²) in [6.07, 6.45) is 0.791. The summed E-state index contributed by atoms with van der Waals surface area (Å²) in [6, 6.07) is 5.35. The number of nitrogens with two attached hydrogens (primary N) is 1. The lowest BCUT2D eigenvalue weighted by molar-refractivity contribution is -0.678. The molecule has 1 aliphatic heterocycles. The number of carbonyl (C=O) groups is 1. The quantitative estimate of drug-likeness (QED) is 0.836. The van der Waals surface area contributed by atoms with E-state index in [-0.39, 0.29) is 17.9 Å². The molecule has 0 aliphatic carbocycles. The molecule has 0 radical (unpaired) electrons. The number of rotatable bonds is 2. The first-order valence-corrected chi connectivity index (χ1v) is 6.25. The van der Waals surface area contributed by atoms with Gasteiger partial charge in [-0.1, -0.05) is 29.3 Å². The van der Waals surface area contributed by atoms with Gasteiger partial charge in [-0.05, 0) is 12.1 Å². The van der Waals surface area contributed by atoms with Crippen LogP contribution in [-0.2, 0) is 9.53 Å². The molecular weight excluding hydrogens is 261 g/mol. The fraction of sp³-hybridized carbons (Fsp3) is 0.417. The Balaban J connectivity index is 2.36. The van der Waals surface area contributed by atoms with Gasteiger partial charge in [0, 0.05) is 12.0 Å². The Morgan fingerprint density at radius 1 is 1.41 bits per heavy atom. The van der Waals surface area contributed by atoms with Crippen molar-refractivity contribution in [2.45, 2.75) is 12.5 Å². The average Bonchev–Trinajstić information content (AvgIpc) is 2.77. The van der Waals surface area contributed by atoms with Crippen molar-refractivity contribution in [3.8, 4) is 0 Å². The Morgan fingerprint density at radius 2 is 2.06 bits per heavy atom. The summed E-state index contributed by atoms with van der Waals surface area (Å²) in [5.41, 5.74) is 0.837. The third kappa shape index (κ3) is 2.41. The van der Waals surface area contributed by atoms with Gasteiger partial charge in [0.1, 0.15) is 12.0 Å². The molecule has 1 saturated heterocycles. The largest absolute Gasteiger partial charge is 0.469 e. The van der Waals surface area contributed by atoms with E-state index >= 15 is 0 Å². The number of hydrogen-bond acceptors (Lipinski definition) is 2. The van der Waals surface area contributed by atoms with Crippen molar-refractivity contribution in [3.05, 3.63) is 33.8 Å². The highest BCUT2D eigenvalue weighted by molar-refractivity contribution is 6.36. The van der Waals surface area contributed by atoms with Gasteiger partial charge in [-0.2, -0.15) is 0 Å². The van der Waals surface area contributed by atoms with E-state index in [1.165, 1.54) is 7.11 Å². The van der Waals surface area contributed by atoms with Crippen molar-refractivity contribution < 1.29 is 14.8 Å². The predicted octanol–water partition coefficient (Wildman–Crippen LogP) is 1.79. The first-order chi connectivity index (χ1) is 8.15. The topological polar surface area (TPSA) is 42.9 Å². The molecule has 0 spiro atoms. The third-order valence-electron chi connectivity index (χ3n) is 3.17. The molecular formula is C12H14Cl2NO2+. The number of esters is 1. The van der Waals surface area contributed by atoms with Crippen molar-refractivity contribution in [1.82, 2.24) is 0 Å². The number of halogens is 2. The second-order valence-electron chi connectivity index (χ2n) is 4.10. The molecule has 3 nitrogen and oxygen atoms in total. The van der Waals surface area contributed by atoms with Crippen LogP contribution in [0.3, 0.4) is 0 Å². The second-order valence-corrected chi connectivity index (χ2v) is 4.92. The molecule has 0 bridgehead atoms. The van der Waals surface area contributed by atoms with Crippen molar-refractivity contribution in [3.63, 3.8) is 0 Å². The second kappa shape index (κ2) is 5.25. The van der Waals surface area contributed by atoms with E-state index in [0.29, 0.717) is 10.0 Å². The minimum atomic E-state index is -0.195. The van der Waals surface area contributed by atoms with E-state index in [1.807, 2.05) is 0 Å². The number of methoxy groups -OCH3 is 1. The van der Waals surface area contributed by atoms with Gasteiger partial charge in [-0.15, -0.1) is 0 Å². The number of carbonyl (C=O) groups excluding carboxylic acids is 1. The van der Waals surface area contributed by atoms with E-state index < -0.39 is 0 Å². The Labute approximate surface area is 110 Å². The number of ether oxygens (including phenoxy) is 1. The fourth-order valence-corrected chi connectivity index (χ4v) is 3.01. The maximum absolute atomic E-state index is 11.7. The van der Waals surface area contributed by atoms with E-state index in [2.05, 4.69) is 5.32 Å². The molecule has 1 aliphatic rings. The molecule has 5 heteroatoms. The Kier molecular flexibility index (Phi) is 3.92. The molecule has 0 aromatic heterocycles. The first-order valence-electron chi connectivity index (χ1n) is 5.50. The molecule has 17 heavy (non-hydrogen) atoms. The molecule has 1 heterocycles. The van der Waals surface area contributed by atoms with Gasteiger partial charge < -0.3 is 10.1 Å². The Morgan fingerprint density at radius 3 is 2.65 bits per heavy atom. The van der Waals surface area contributed by atoms with Gasteiger partial charge in [0.15, 0.2) is 0 Å². The highest BCUT2D eigenvalue weighted by Gasteiger charge is 2.40. The van der Waals surface area contributed by atoms with Gasteiger partial charge in [0.25, 0.3) is 0 Å². The Bertz CT molecular complexity index is 416. The lowest BCUT2D eigenvalue weighted by atomic mass is 9.94. The molecule has 0 unspecified atom stereocenters. The van der Waals surface area contributed by atoms with Crippen molar-refractivity contribution in [2.75, 3.05) is 13.7 Å². The van der Waals surface area contributed by atoms with Crippen LogP contribution in [0.25, 0.3) is 0 Å². The van der Waals surface area contributed by atoms with Crippen LogP contribution in [0.15, 0.2) is 18.2 Å². The summed E-state index contributed by atoms with van der Waals surface area (Å²) in [5, 5.41) is 3.30. The van der Waals surface area contributed by atoms with Crippen LogP contribution < -0.4 is 5.32 Å². The zero-order valence-corrected chi connectivity index (χ0v) is 11.0. The van der Waals surface area contributed by atoms with Crippen molar-refractivity contribution in [1.29, 1.82) is 0 Å². The summed E-state index contributed by atoms with van der Waals surface area (Å²) in [5.74, 6) is -0.364. The summed E-state index contributed by atoms with van der Waals surface area (Å²) in [7, 11) is 1.41. The molecule has 0 saturated carbocycles. The van der Waals surface area contributed by atoms with E-state index in [4.69, 9.17) is 27.9 Å². The zero-order chi connectivity index (χ0) is 12.4. The standard InChI is InChI=1S/C12H13Cl2NO2/c1-17-12(16)7-5-6-15-11(7)10-8(13)3-2-4-9(10)14/h2-4,7,11,15H,5-6H2,1H3/p+1/t7-,11+/m1/s1. The number of quaternary nitrogens is 1. The van der Waals surface area contributed by atoms with Gasteiger partial charge >= 0.3 is 5.97 Å². The molecule has 92 valence electrons. The third-order valence-corrected chi connectivity index (χ3v) is 3.83. The van der Waals surface area contributed by atoms with Crippen LogP contribution >= 0.6 is 23.2 Å². The minimum Gasteiger partial charge on any atom is -0.469 e. The normalized spacial score (nSPS) is 23.7. The van der Waals surface area contributed by atoms with Crippen LogP contribution in [0.2, 0.25) is 10.0 Å². The maximum Gasteiger partial charge on any atom is 0.315 e. The van der Waals surface area contributed by atoms with Gasteiger partial charge in [0.05, 0.1) is 23.7 Å². The number of hydrogen-bond donors (Lipinski definition) is 1. The van der Waals surface area contributed by atoms with Crippen LogP contribution in [0.1, 0.15) is 18.0 Å². The smallest absolute Gasteiger partial charge is 0.315 e. The Hall–Kier alpha value is -0.770. The monoisotopic (exact) mass is 274 g/mol. The number of benzene rings is 1. The summed E-state index contributed by atoms with van der Waals surface area (Å²) in [4.78, 5) is 11.7. The maximum atomic E-state index is 11.7. The molecule has 0 amide bonds. The molecule has 2 N–H and O–H groups in total. The van der Waals surface area contributed by atoms with Crippen LogP contribution in [0.5, 0.6) is 0 Å². The van der Waals surface area contributed by atoms with E-state index in [9.17, 15) is 4.79 Å². The van der Waals surface area contributed by atoms with Gasteiger partial charge in [0.2, 0.25) is 0 Å². The molecule has 1 aromatic carbocycles. The molecule has 2 rings (SSSR count). The predicted molar refractivity (Wildman–Crippen MR) is 66.1 cm³/mol. The summed E-state index contributed by atoms with van der Waals surface area (Å²) < 4.78 is 4.82. The average molecular weight is 275 g/mol. The van der Waals surface area contributed by atoms with E-state index in [0.717, 1.165) is 18.5 Å². The van der Waals surface area contributed by atoms with Gasteiger partial charge in [-0.3, -0.25) is 4.79 Å². The van der Waals surface area contributed by atoms with Crippen LogP contribution in [-0.4, -0.2) is 19.6 Å². The van der Waals surface area contributed by atoms with Crippen molar-refractivity contribution in [2.24, 2.45) is 5.92 Å². The highest BCUT2D eigenvalue weighted by atomic mass is 35.5. The lowest BCUT2D eigenvalue weighted by Gasteiger charge is -2.17. The molecule has 1 fully saturated rings.